The molecule has 2 aromatic rings. The third-order valence-corrected chi connectivity index (χ3v) is 2.48. The van der Waals surface area contributed by atoms with Crippen LogP contribution >= 0.6 is 0 Å². The lowest BCUT2D eigenvalue weighted by Crippen LogP contribution is -2.38. The van der Waals surface area contributed by atoms with E-state index in [0.29, 0.717) is 6.42 Å². The molecule has 4 heteroatoms. The number of fused-ring (bicyclic) bond motifs is 1. The summed E-state index contributed by atoms with van der Waals surface area (Å²) in [7, 11) is 0. The molecule has 0 radical (unpaired) electrons. The zero-order valence-electron chi connectivity index (χ0n) is 10.2. The van der Waals surface area contributed by atoms with E-state index in [0.717, 1.165) is 16.5 Å². The van der Waals surface area contributed by atoms with E-state index in [9.17, 15) is 4.79 Å². The summed E-state index contributed by atoms with van der Waals surface area (Å²) in [5, 5.41) is 1.09. The Morgan fingerprint density at radius 1 is 1.35 bits per heavy atom. The van der Waals surface area contributed by atoms with Gasteiger partial charge in [-0.1, -0.05) is 32.0 Å². The number of nitrogens with two attached hydrogens (primary N) is 2. The fourth-order valence-electron chi connectivity index (χ4n) is 1.64. The number of para-hydroxylation sites is 1. The number of rotatable bonds is 3. The Kier molecular flexibility index (Phi) is 4.72. The summed E-state index contributed by atoms with van der Waals surface area (Å²) in [6.07, 6.45) is 2.34. The van der Waals surface area contributed by atoms with Gasteiger partial charge in [0.25, 0.3) is 0 Å². The van der Waals surface area contributed by atoms with Crippen molar-refractivity contribution in [1.82, 2.24) is 4.98 Å². The molecule has 0 saturated heterocycles. The minimum absolute atomic E-state index is 0.472. The largest absolute Gasteiger partial charge is 0.368 e. The van der Waals surface area contributed by atoms with Gasteiger partial charge < -0.3 is 16.5 Å². The Labute approximate surface area is 101 Å². The van der Waals surface area contributed by atoms with Crippen molar-refractivity contribution < 1.29 is 4.79 Å². The van der Waals surface area contributed by atoms with Gasteiger partial charge in [-0.25, -0.2) is 0 Å². The van der Waals surface area contributed by atoms with Crippen LogP contribution < -0.4 is 11.5 Å². The first-order chi connectivity index (χ1) is 8.18. The van der Waals surface area contributed by atoms with Crippen molar-refractivity contribution in [3.63, 3.8) is 0 Å². The van der Waals surface area contributed by atoms with Gasteiger partial charge >= 0.3 is 0 Å². The molecule has 1 aromatic heterocycles. The lowest BCUT2D eigenvalue weighted by atomic mass is 10.1. The first-order valence-corrected chi connectivity index (χ1v) is 5.78. The highest BCUT2D eigenvalue weighted by molar-refractivity contribution is 5.85. The molecule has 92 valence electrons. The fourth-order valence-corrected chi connectivity index (χ4v) is 1.64. The van der Waals surface area contributed by atoms with Gasteiger partial charge in [-0.3, -0.25) is 4.79 Å². The van der Waals surface area contributed by atoms with Crippen LogP contribution in [0.1, 0.15) is 19.4 Å². The minimum atomic E-state index is -0.621. The molecule has 4 nitrogen and oxygen atoms in total. The number of hydrogen-bond acceptors (Lipinski definition) is 2. The van der Waals surface area contributed by atoms with Crippen LogP contribution in [0.4, 0.5) is 0 Å². The third kappa shape index (κ3) is 3.07. The molecule has 1 unspecified atom stereocenters. The normalized spacial score (nSPS) is 11.7. The topological polar surface area (TPSA) is 84.9 Å². The van der Waals surface area contributed by atoms with Gasteiger partial charge in [0.2, 0.25) is 5.91 Å². The molecule has 2 rings (SSSR count). The molecule has 1 amide bonds. The Hall–Kier alpha value is -1.81. The molecule has 1 aromatic carbocycles. The highest BCUT2D eigenvalue weighted by atomic mass is 16.1. The molecule has 0 spiro atoms. The number of benzene rings is 1. The minimum Gasteiger partial charge on any atom is -0.368 e. The number of hydrogen-bond donors (Lipinski definition) is 3. The van der Waals surface area contributed by atoms with Gasteiger partial charge in [0.05, 0.1) is 6.04 Å². The number of carbonyl (C=O) groups is 1. The maximum atomic E-state index is 10.8. The number of H-pyrrole nitrogens is 1. The van der Waals surface area contributed by atoms with Gasteiger partial charge in [-0.05, 0) is 18.1 Å². The van der Waals surface area contributed by atoms with E-state index in [1.54, 1.807) is 0 Å². The highest BCUT2D eigenvalue weighted by Gasteiger charge is 2.12. The van der Waals surface area contributed by atoms with E-state index in [1.807, 2.05) is 44.3 Å². The number of amides is 1. The summed E-state index contributed by atoms with van der Waals surface area (Å²) >= 11 is 0. The zero-order chi connectivity index (χ0) is 12.8. The summed E-state index contributed by atoms with van der Waals surface area (Å²) in [5.41, 5.74) is 12.8. The molecule has 0 aliphatic rings. The van der Waals surface area contributed by atoms with Crippen LogP contribution in [-0.2, 0) is 11.2 Å². The summed E-state index contributed by atoms with van der Waals surface area (Å²) in [5.74, 6) is -0.472. The van der Waals surface area contributed by atoms with Crippen LogP contribution in [0.25, 0.3) is 10.9 Å². The average Bonchev–Trinajstić information content (AvgIpc) is 2.75. The van der Waals surface area contributed by atoms with Crippen LogP contribution in [0.15, 0.2) is 30.5 Å². The van der Waals surface area contributed by atoms with Crippen molar-refractivity contribution in [2.24, 2.45) is 11.5 Å². The molecule has 5 N–H and O–H groups in total. The molecule has 0 aliphatic carbocycles. The number of aromatic nitrogens is 1. The second kappa shape index (κ2) is 6.06. The maximum Gasteiger partial charge on any atom is 0.234 e. The molecule has 0 aliphatic heterocycles. The molecular formula is C13H19N3O. The van der Waals surface area contributed by atoms with Crippen molar-refractivity contribution in [2.75, 3.05) is 0 Å². The van der Waals surface area contributed by atoms with Crippen LogP contribution in [0, 0.1) is 0 Å². The van der Waals surface area contributed by atoms with Crippen LogP contribution in [0.5, 0.6) is 0 Å². The van der Waals surface area contributed by atoms with E-state index in [4.69, 9.17) is 11.5 Å². The molecular weight excluding hydrogens is 214 g/mol. The molecule has 0 saturated carbocycles. The van der Waals surface area contributed by atoms with E-state index >= 15 is 0 Å². The first-order valence-electron chi connectivity index (χ1n) is 5.78. The fraction of sp³-hybridized carbons (Fsp3) is 0.308. The Bertz CT molecular complexity index is 490. The van der Waals surface area contributed by atoms with Crippen LogP contribution in [0.3, 0.4) is 0 Å². The predicted octanol–water partition coefficient (Wildman–Crippen LogP) is 1.55. The SMILES string of the molecule is CC.NC(=O)C(N)Cc1c[nH]c2ccccc12. The second-order valence-electron chi connectivity index (χ2n) is 3.57. The van der Waals surface area contributed by atoms with Crippen molar-refractivity contribution >= 4 is 16.8 Å². The number of aromatic amines is 1. The van der Waals surface area contributed by atoms with E-state index in [-0.39, 0.29) is 0 Å². The Morgan fingerprint density at radius 2 is 2.00 bits per heavy atom. The van der Waals surface area contributed by atoms with Gasteiger partial charge in [-0.15, -0.1) is 0 Å². The summed E-state index contributed by atoms with van der Waals surface area (Å²) in [4.78, 5) is 14.0. The van der Waals surface area contributed by atoms with Crippen LogP contribution in [0.2, 0.25) is 0 Å². The van der Waals surface area contributed by atoms with E-state index in [1.165, 1.54) is 0 Å². The van der Waals surface area contributed by atoms with E-state index < -0.39 is 11.9 Å². The summed E-state index contributed by atoms with van der Waals surface area (Å²) < 4.78 is 0. The Balaban J connectivity index is 0.000000686. The average molecular weight is 233 g/mol. The van der Waals surface area contributed by atoms with E-state index in [2.05, 4.69) is 4.98 Å². The zero-order valence-corrected chi connectivity index (χ0v) is 10.2. The predicted molar refractivity (Wildman–Crippen MR) is 70.5 cm³/mol. The van der Waals surface area contributed by atoms with Crippen molar-refractivity contribution in [1.29, 1.82) is 0 Å². The van der Waals surface area contributed by atoms with Gasteiger partial charge in [0.15, 0.2) is 0 Å². The molecule has 1 heterocycles. The number of primary amides is 1. The number of nitrogens with one attached hydrogen (secondary N) is 1. The summed E-state index contributed by atoms with van der Waals surface area (Å²) in [6, 6.07) is 7.26. The molecule has 0 bridgehead atoms. The third-order valence-electron chi connectivity index (χ3n) is 2.48. The van der Waals surface area contributed by atoms with Crippen molar-refractivity contribution in [3.05, 3.63) is 36.0 Å². The number of carbonyl (C=O) groups excluding carboxylic acids is 1. The quantitative estimate of drug-likeness (QED) is 0.751. The van der Waals surface area contributed by atoms with Gasteiger partial charge in [-0.2, -0.15) is 0 Å². The smallest absolute Gasteiger partial charge is 0.234 e. The Morgan fingerprint density at radius 3 is 2.65 bits per heavy atom. The van der Waals surface area contributed by atoms with Gasteiger partial charge in [0.1, 0.15) is 0 Å². The monoisotopic (exact) mass is 233 g/mol. The second-order valence-corrected chi connectivity index (χ2v) is 3.57. The van der Waals surface area contributed by atoms with Gasteiger partial charge in [0, 0.05) is 17.1 Å². The van der Waals surface area contributed by atoms with Crippen molar-refractivity contribution in [2.45, 2.75) is 26.3 Å². The molecule has 0 fully saturated rings. The standard InChI is InChI=1S/C11H13N3O.C2H6/c12-9(11(13)15)5-7-6-14-10-4-2-1-3-8(7)10;1-2/h1-4,6,9,14H,5,12H2,(H2,13,15);1-2H3. The molecule has 1 atom stereocenters. The lowest BCUT2D eigenvalue weighted by Gasteiger charge is -2.05. The lowest BCUT2D eigenvalue weighted by molar-refractivity contribution is -0.119. The first kappa shape index (κ1) is 13.3. The van der Waals surface area contributed by atoms with Crippen LogP contribution in [-0.4, -0.2) is 16.9 Å². The summed E-state index contributed by atoms with van der Waals surface area (Å²) in [6.45, 7) is 4.00. The maximum absolute atomic E-state index is 10.8. The molecule has 17 heavy (non-hydrogen) atoms. The highest BCUT2D eigenvalue weighted by Crippen LogP contribution is 2.18. The van der Waals surface area contributed by atoms with Crippen molar-refractivity contribution in [3.8, 4) is 0 Å².